The van der Waals surface area contributed by atoms with E-state index >= 15 is 0 Å². The summed E-state index contributed by atoms with van der Waals surface area (Å²) in [6.45, 7) is 0. The minimum absolute atomic E-state index is 0.441. The fraction of sp³-hybridized carbons (Fsp3) is 0. The van der Waals surface area contributed by atoms with E-state index < -0.39 is 7.56 Å². The van der Waals surface area contributed by atoms with Gasteiger partial charge in [-0.25, -0.2) is 0 Å². The van der Waals surface area contributed by atoms with Gasteiger partial charge in [0, 0.05) is 16.2 Å². The van der Waals surface area contributed by atoms with Gasteiger partial charge in [-0.1, -0.05) is 66.7 Å². The van der Waals surface area contributed by atoms with E-state index in [0.29, 0.717) is 5.46 Å². The monoisotopic (exact) mass is 323 g/mol. The highest BCUT2D eigenvalue weighted by Crippen LogP contribution is 2.33. The van der Waals surface area contributed by atoms with E-state index in [1.54, 1.807) is 0 Å². The first-order chi connectivity index (χ1) is 12.4. The quantitative estimate of drug-likeness (QED) is 0.408. The molecule has 0 unspecified atom stereocenters. The van der Waals surface area contributed by atoms with Crippen LogP contribution in [0.25, 0.3) is 38.3 Å². The summed E-state index contributed by atoms with van der Waals surface area (Å²) in [5.41, 5.74) is 4.12. The molecule has 0 aliphatic heterocycles. The zero-order chi connectivity index (χ0) is 16.8. The van der Waals surface area contributed by atoms with Crippen molar-refractivity contribution >= 4 is 45.6 Å². The molecular formula is C22H15BFN. The molecule has 0 atom stereocenters. The largest absolute Gasteiger partial charge is 0.364 e. The average Bonchev–Trinajstić information content (AvgIpc) is 3.01. The molecule has 1 aromatic heterocycles. The molecule has 0 aliphatic rings. The lowest BCUT2D eigenvalue weighted by Crippen LogP contribution is -2.08. The molecule has 5 rings (SSSR count). The van der Waals surface area contributed by atoms with Gasteiger partial charge in [-0.15, -0.1) is 0 Å². The van der Waals surface area contributed by atoms with Gasteiger partial charge < -0.3 is 8.88 Å². The highest BCUT2D eigenvalue weighted by atomic mass is 19.1. The van der Waals surface area contributed by atoms with Crippen molar-refractivity contribution < 1.29 is 4.32 Å². The van der Waals surface area contributed by atoms with Crippen LogP contribution < -0.4 is 5.46 Å². The van der Waals surface area contributed by atoms with Crippen LogP contribution in [0.2, 0.25) is 0 Å². The Bertz CT molecular complexity index is 1230. The molecule has 3 heteroatoms. The summed E-state index contributed by atoms with van der Waals surface area (Å²) in [5, 5.41) is 4.67. The molecule has 25 heavy (non-hydrogen) atoms. The van der Waals surface area contributed by atoms with Crippen LogP contribution >= 0.6 is 0 Å². The number of fused-ring (bicyclic) bond motifs is 4. The first-order valence-electron chi connectivity index (χ1n) is 8.43. The first-order valence-corrected chi connectivity index (χ1v) is 8.43. The van der Waals surface area contributed by atoms with Gasteiger partial charge in [-0.2, -0.15) is 0 Å². The van der Waals surface area contributed by atoms with Crippen LogP contribution in [0.4, 0.5) is 4.32 Å². The zero-order valence-corrected chi connectivity index (χ0v) is 13.6. The summed E-state index contributed by atoms with van der Waals surface area (Å²) < 4.78 is 15.5. The van der Waals surface area contributed by atoms with E-state index in [1.165, 1.54) is 10.8 Å². The molecule has 0 saturated heterocycles. The maximum absolute atomic E-state index is 13.2. The van der Waals surface area contributed by atoms with E-state index in [1.807, 2.05) is 24.3 Å². The normalized spacial score (nSPS) is 11.4. The second-order valence-electron chi connectivity index (χ2n) is 6.34. The number of rotatable bonds is 2. The Balaban J connectivity index is 1.98. The molecular weight excluding hydrogens is 308 g/mol. The van der Waals surface area contributed by atoms with Crippen molar-refractivity contribution in [3.63, 3.8) is 0 Å². The second kappa shape index (κ2) is 5.49. The van der Waals surface area contributed by atoms with E-state index in [4.69, 9.17) is 0 Å². The third-order valence-corrected chi connectivity index (χ3v) is 4.90. The van der Waals surface area contributed by atoms with Crippen LogP contribution in [-0.4, -0.2) is 12.1 Å². The van der Waals surface area contributed by atoms with Crippen LogP contribution in [0.3, 0.4) is 0 Å². The Hall–Kier alpha value is -3.07. The maximum Gasteiger partial charge on any atom is 0.364 e. The fourth-order valence-electron chi connectivity index (χ4n) is 3.77. The van der Waals surface area contributed by atoms with E-state index in [-0.39, 0.29) is 0 Å². The number of halogens is 1. The molecule has 0 fully saturated rings. The summed E-state index contributed by atoms with van der Waals surface area (Å²) >= 11 is 0. The molecule has 0 saturated carbocycles. The highest BCUT2D eigenvalue weighted by Gasteiger charge is 2.14. The number of hydrogen-bond acceptors (Lipinski definition) is 0. The van der Waals surface area contributed by atoms with Gasteiger partial charge >= 0.3 is 7.56 Å². The van der Waals surface area contributed by atoms with E-state index in [9.17, 15) is 4.32 Å². The summed E-state index contributed by atoms with van der Waals surface area (Å²) in [4.78, 5) is 0. The molecule has 1 nitrogen and oxygen atoms in total. The highest BCUT2D eigenvalue weighted by molar-refractivity contribution is 6.47. The fourth-order valence-corrected chi connectivity index (χ4v) is 3.77. The molecule has 0 N–H and O–H groups in total. The van der Waals surface area contributed by atoms with Gasteiger partial charge in [0.2, 0.25) is 0 Å². The molecule has 4 aromatic carbocycles. The van der Waals surface area contributed by atoms with Crippen LogP contribution in [0, 0.1) is 0 Å². The molecule has 118 valence electrons. The molecule has 0 radical (unpaired) electrons. The summed E-state index contributed by atoms with van der Waals surface area (Å²) in [5.74, 6) is 0. The third-order valence-electron chi connectivity index (χ3n) is 4.90. The van der Waals surface area contributed by atoms with Crippen molar-refractivity contribution in [2.45, 2.75) is 0 Å². The molecule has 0 spiro atoms. The van der Waals surface area contributed by atoms with Crippen molar-refractivity contribution in [1.82, 2.24) is 4.57 Å². The minimum atomic E-state index is -0.441. The van der Waals surface area contributed by atoms with Crippen molar-refractivity contribution in [3.8, 4) is 5.69 Å². The lowest BCUT2D eigenvalue weighted by atomic mass is 9.90. The van der Waals surface area contributed by atoms with E-state index in [2.05, 4.69) is 65.2 Å². The minimum Gasteiger partial charge on any atom is -0.335 e. The van der Waals surface area contributed by atoms with Crippen molar-refractivity contribution in [3.05, 3.63) is 84.9 Å². The van der Waals surface area contributed by atoms with E-state index in [0.717, 1.165) is 27.5 Å². The SMILES string of the molecule is FBc1ccc2c(c1)c1ccccc1n2-c1cccc2ccccc12. The number of benzene rings is 4. The van der Waals surface area contributed by atoms with Gasteiger partial charge in [-0.3, -0.25) is 0 Å². The topological polar surface area (TPSA) is 4.93 Å². The molecule has 1 heterocycles. The molecule has 0 aliphatic carbocycles. The molecule has 0 bridgehead atoms. The summed E-state index contributed by atoms with van der Waals surface area (Å²) in [6, 6.07) is 29.0. The smallest absolute Gasteiger partial charge is 0.335 e. The van der Waals surface area contributed by atoms with Gasteiger partial charge in [0.15, 0.2) is 0 Å². The predicted octanol–water partition coefficient (Wildman–Crippen LogP) is 4.88. The lowest BCUT2D eigenvalue weighted by molar-refractivity contribution is 0.885. The van der Waals surface area contributed by atoms with Crippen molar-refractivity contribution in [1.29, 1.82) is 0 Å². The molecule has 5 aromatic rings. The van der Waals surface area contributed by atoms with Gasteiger partial charge in [-0.05, 0) is 29.0 Å². The Kier molecular flexibility index (Phi) is 3.14. The van der Waals surface area contributed by atoms with Crippen LogP contribution in [0.5, 0.6) is 0 Å². The maximum atomic E-state index is 13.2. The van der Waals surface area contributed by atoms with Gasteiger partial charge in [0.25, 0.3) is 0 Å². The predicted molar refractivity (Wildman–Crippen MR) is 106 cm³/mol. The summed E-state index contributed by atoms with van der Waals surface area (Å²) in [7, 11) is -0.441. The first kappa shape index (κ1) is 14.3. The molecule has 0 amide bonds. The Labute approximate surface area is 145 Å². The van der Waals surface area contributed by atoms with Gasteiger partial charge in [0.05, 0.1) is 16.7 Å². The second-order valence-corrected chi connectivity index (χ2v) is 6.34. The number of para-hydroxylation sites is 1. The Morgan fingerprint density at radius 3 is 2.24 bits per heavy atom. The number of nitrogens with zero attached hydrogens (tertiary/aromatic N) is 1. The van der Waals surface area contributed by atoms with Crippen LogP contribution in [-0.2, 0) is 0 Å². The Morgan fingerprint density at radius 1 is 0.640 bits per heavy atom. The van der Waals surface area contributed by atoms with Crippen LogP contribution in [0.15, 0.2) is 84.9 Å². The third kappa shape index (κ3) is 2.09. The Morgan fingerprint density at radius 2 is 1.36 bits per heavy atom. The average molecular weight is 323 g/mol. The summed E-state index contributed by atoms with van der Waals surface area (Å²) in [6.07, 6.45) is 0. The van der Waals surface area contributed by atoms with Gasteiger partial charge in [0.1, 0.15) is 0 Å². The van der Waals surface area contributed by atoms with Crippen molar-refractivity contribution in [2.24, 2.45) is 0 Å². The standard InChI is InChI=1S/C22H15BFN/c24-23-16-12-13-22-19(14-16)18-9-3-4-10-21(18)25(22)20-11-5-7-15-6-1-2-8-17(15)20/h1-14,23H. The lowest BCUT2D eigenvalue weighted by Gasteiger charge is -2.11. The zero-order valence-electron chi connectivity index (χ0n) is 13.6. The number of hydrogen-bond donors (Lipinski definition) is 0. The van der Waals surface area contributed by atoms with Crippen molar-refractivity contribution in [2.75, 3.05) is 0 Å². The number of aromatic nitrogens is 1. The van der Waals surface area contributed by atoms with Crippen LogP contribution in [0.1, 0.15) is 0 Å².